The molecule has 0 spiro atoms. The van der Waals surface area contributed by atoms with Gasteiger partial charge in [-0.15, -0.1) is 0 Å². The van der Waals surface area contributed by atoms with Gasteiger partial charge in [-0.1, -0.05) is 6.92 Å². The number of esters is 1. The predicted octanol–water partition coefficient (Wildman–Crippen LogP) is 2.71. The van der Waals surface area contributed by atoms with Crippen LogP contribution in [0.3, 0.4) is 0 Å². The van der Waals surface area contributed by atoms with Gasteiger partial charge in [-0.25, -0.2) is 14.2 Å². The third-order valence-corrected chi connectivity index (χ3v) is 6.74. The molecule has 0 amide bonds. The smallest absolute Gasteiger partial charge is 0.340 e. The number of aliphatic hydroxyl groups is 1. The summed E-state index contributed by atoms with van der Waals surface area (Å²) in [5.74, 6) is -0.996. The standard InChI is InChI=1S/C23H19FN2O4/c1-2-10-11-4-3-5-12-14-8-26-18(20(14)25-17(19(11)12)7-16(10)24)6-13-15(22(26)28)9-30-23(29)21(13)27/h6-7,21,27H,2-5,8-9H2,1H3. The fourth-order valence-corrected chi connectivity index (χ4v) is 5.35. The van der Waals surface area contributed by atoms with Crippen molar-refractivity contribution in [3.8, 4) is 11.4 Å². The fraction of sp³-hybridized carbons (Fsp3) is 0.348. The summed E-state index contributed by atoms with van der Waals surface area (Å²) in [4.78, 5) is 29.7. The van der Waals surface area contributed by atoms with Gasteiger partial charge in [0.25, 0.3) is 5.56 Å². The Hall–Kier alpha value is -3.06. The van der Waals surface area contributed by atoms with Gasteiger partial charge in [0.1, 0.15) is 12.4 Å². The number of carbonyl (C=O) groups excluding carboxylic acids is 1. The monoisotopic (exact) mass is 406 g/mol. The molecule has 1 aromatic carbocycles. The van der Waals surface area contributed by atoms with Crippen LogP contribution >= 0.6 is 0 Å². The molecule has 6 rings (SSSR count). The van der Waals surface area contributed by atoms with Crippen LogP contribution in [0.2, 0.25) is 0 Å². The number of cyclic esters (lactones) is 1. The Morgan fingerprint density at radius 1 is 1.20 bits per heavy atom. The Morgan fingerprint density at radius 2 is 2.00 bits per heavy atom. The number of aromatic nitrogens is 2. The summed E-state index contributed by atoms with van der Waals surface area (Å²) in [6.07, 6.45) is 1.77. The van der Waals surface area contributed by atoms with E-state index in [4.69, 9.17) is 9.72 Å². The molecule has 0 radical (unpaired) electrons. The molecule has 1 N–H and O–H groups in total. The van der Waals surface area contributed by atoms with Gasteiger partial charge >= 0.3 is 5.97 Å². The highest BCUT2D eigenvalue weighted by molar-refractivity contribution is 5.92. The Labute approximate surface area is 170 Å². The molecule has 0 saturated heterocycles. The summed E-state index contributed by atoms with van der Waals surface area (Å²) in [6.45, 7) is 2.21. The maximum atomic E-state index is 14.8. The van der Waals surface area contributed by atoms with E-state index in [1.807, 2.05) is 6.92 Å². The lowest BCUT2D eigenvalue weighted by Gasteiger charge is -2.22. The molecule has 1 aliphatic carbocycles. The lowest BCUT2D eigenvalue weighted by molar-refractivity contribution is -0.157. The van der Waals surface area contributed by atoms with Gasteiger partial charge in [0.15, 0.2) is 6.10 Å². The molecular weight excluding hydrogens is 387 g/mol. The number of carbonyl (C=O) groups is 1. The van der Waals surface area contributed by atoms with E-state index < -0.39 is 12.1 Å². The minimum Gasteiger partial charge on any atom is -0.458 e. The number of fused-ring (bicyclic) bond motifs is 5. The summed E-state index contributed by atoms with van der Waals surface area (Å²) < 4.78 is 21.3. The number of hydrogen-bond donors (Lipinski definition) is 1. The number of pyridine rings is 2. The molecule has 0 fully saturated rings. The minimum atomic E-state index is -1.48. The Balaban J connectivity index is 1.67. The van der Waals surface area contributed by atoms with Gasteiger partial charge in [-0.2, -0.15) is 0 Å². The maximum absolute atomic E-state index is 14.8. The average molecular weight is 406 g/mol. The van der Waals surface area contributed by atoms with Gasteiger partial charge in [0, 0.05) is 22.6 Å². The zero-order valence-corrected chi connectivity index (χ0v) is 16.4. The minimum absolute atomic E-state index is 0.141. The third kappa shape index (κ3) is 2.13. The van der Waals surface area contributed by atoms with Crippen LogP contribution in [0.1, 0.15) is 52.8 Å². The van der Waals surface area contributed by atoms with Crippen molar-refractivity contribution in [2.75, 3.05) is 0 Å². The van der Waals surface area contributed by atoms with Crippen molar-refractivity contribution in [3.63, 3.8) is 0 Å². The number of aryl methyl sites for hydroxylation is 2. The van der Waals surface area contributed by atoms with E-state index >= 15 is 0 Å². The van der Waals surface area contributed by atoms with E-state index in [0.29, 0.717) is 35.4 Å². The number of benzene rings is 1. The first-order chi connectivity index (χ1) is 14.5. The van der Waals surface area contributed by atoms with Gasteiger partial charge in [-0.05, 0) is 48.4 Å². The third-order valence-electron chi connectivity index (χ3n) is 6.74. The summed E-state index contributed by atoms with van der Waals surface area (Å²) in [6, 6.07) is 3.16. The molecule has 152 valence electrons. The highest BCUT2D eigenvalue weighted by Crippen LogP contribution is 2.42. The Bertz CT molecular complexity index is 1360. The number of rotatable bonds is 1. The second-order valence-corrected chi connectivity index (χ2v) is 8.20. The first-order valence-electron chi connectivity index (χ1n) is 10.3. The van der Waals surface area contributed by atoms with Crippen LogP contribution < -0.4 is 5.56 Å². The van der Waals surface area contributed by atoms with Gasteiger partial charge in [0.2, 0.25) is 0 Å². The largest absolute Gasteiger partial charge is 0.458 e. The SMILES string of the molecule is CCc1c(F)cc2nc3c(c4c2c1CCC4)Cn1c-3cc2c(c1=O)COC(=O)C2O. The molecule has 0 bridgehead atoms. The maximum Gasteiger partial charge on any atom is 0.340 e. The molecule has 30 heavy (non-hydrogen) atoms. The number of nitrogens with zero attached hydrogens (tertiary/aromatic N) is 2. The van der Waals surface area contributed by atoms with Gasteiger partial charge in [0.05, 0.1) is 29.0 Å². The van der Waals surface area contributed by atoms with Crippen molar-refractivity contribution in [2.45, 2.75) is 51.9 Å². The van der Waals surface area contributed by atoms with Crippen molar-refractivity contribution >= 4 is 16.9 Å². The topological polar surface area (TPSA) is 81.4 Å². The predicted molar refractivity (Wildman–Crippen MR) is 107 cm³/mol. The number of halogens is 1. The second-order valence-electron chi connectivity index (χ2n) is 8.20. The molecule has 6 nitrogen and oxygen atoms in total. The van der Waals surface area contributed by atoms with Crippen molar-refractivity contribution in [1.29, 1.82) is 0 Å². The van der Waals surface area contributed by atoms with Crippen molar-refractivity contribution in [1.82, 2.24) is 9.55 Å². The van der Waals surface area contributed by atoms with Crippen LogP contribution in [-0.4, -0.2) is 20.6 Å². The molecule has 1 atom stereocenters. The van der Waals surface area contributed by atoms with Crippen molar-refractivity contribution < 1.29 is 19.0 Å². The van der Waals surface area contributed by atoms with E-state index in [-0.39, 0.29) is 23.5 Å². The van der Waals surface area contributed by atoms with Crippen LogP contribution in [0.25, 0.3) is 22.3 Å². The molecule has 3 aromatic rings. The highest BCUT2D eigenvalue weighted by Gasteiger charge is 2.35. The molecule has 2 aliphatic heterocycles. The molecule has 7 heteroatoms. The zero-order chi connectivity index (χ0) is 20.7. The van der Waals surface area contributed by atoms with Crippen molar-refractivity contribution in [2.24, 2.45) is 0 Å². The Kier molecular flexibility index (Phi) is 3.54. The van der Waals surface area contributed by atoms with Crippen molar-refractivity contribution in [3.05, 3.63) is 61.7 Å². The summed E-state index contributed by atoms with van der Waals surface area (Å²) in [5.41, 5.74) is 6.03. The van der Waals surface area contributed by atoms with Crippen LogP contribution in [0.15, 0.2) is 16.9 Å². The summed E-state index contributed by atoms with van der Waals surface area (Å²) in [7, 11) is 0. The molecule has 4 heterocycles. The van der Waals surface area contributed by atoms with E-state index in [9.17, 15) is 19.1 Å². The zero-order valence-electron chi connectivity index (χ0n) is 16.4. The van der Waals surface area contributed by atoms with E-state index in [1.54, 1.807) is 10.6 Å². The molecule has 1 unspecified atom stereocenters. The summed E-state index contributed by atoms with van der Waals surface area (Å²) in [5, 5.41) is 11.3. The number of aliphatic hydroxyl groups excluding tert-OH is 1. The van der Waals surface area contributed by atoms with Crippen LogP contribution in [0.5, 0.6) is 0 Å². The lowest BCUT2D eigenvalue weighted by atomic mass is 9.84. The molecular formula is C23H19FN2O4. The first-order valence-corrected chi connectivity index (χ1v) is 10.3. The molecule has 2 aromatic heterocycles. The number of hydrogen-bond acceptors (Lipinski definition) is 5. The molecule has 0 saturated carbocycles. The Morgan fingerprint density at radius 3 is 2.80 bits per heavy atom. The van der Waals surface area contributed by atoms with E-state index in [1.165, 1.54) is 6.07 Å². The highest BCUT2D eigenvalue weighted by atomic mass is 19.1. The number of ether oxygens (including phenoxy) is 1. The fourth-order valence-electron chi connectivity index (χ4n) is 5.35. The first kappa shape index (κ1) is 17.8. The quantitative estimate of drug-likeness (QED) is 0.492. The van der Waals surface area contributed by atoms with Crippen LogP contribution in [0, 0.1) is 5.82 Å². The average Bonchev–Trinajstić information content (AvgIpc) is 3.11. The second kappa shape index (κ2) is 5.98. The lowest BCUT2D eigenvalue weighted by Crippen LogP contribution is -2.32. The van der Waals surface area contributed by atoms with Crippen LogP contribution in [0.4, 0.5) is 4.39 Å². The van der Waals surface area contributed by atoms with E-state index in [0.717, 1.165) is 46.9 Å². The van der Waals surface area contributed by atoms with Gasteiger partial charge < -0.3 is 14.4 Å². The van der Waals surface area contributed by atoms with Gasteiger partial charge in [-0.3, -0.25) is 4.79 Å². The normalized spacial score (nSPS) is 18.8. The van der Waals surface area contributed by atoms with E-state index in [2.05, 4.69) is 0 Å². The molecule has 3 aliphatic rings. The summed E-state index contributed by atoms with van der Waals surface area (Å²) >= 11 is 0. The van der Waals surface area contributed by atoms with Crippen LogP contribution in [-0.2, 0) is 41.9 Å².